The lowest BCUT2D eigenvalue weighted by atomic mass is 9.69. The highest BCUT2D eigenvalue weighted by Gasteiger charge is 2.58. The summed E-state index contributed by atoms with van der Waals surface area (Å²) in [6.45, 7) is 11.6. The normalized spacial score (nSPS) is 39.7. The molecule has 98 valence electrons. The highest BCUT2D eigenvalue weighted by atomic mass is 31.2. The van der Waals surface area contributed by atoms with Crippen LogP contribution in [0.5, 0.6) is 0 Å². The first kappa shape index (κ1) is 14.3. The second-order valence-electron chi connectivity index (χ2n) is 5.04. The van der Waals surface area contributed by atoms with Crippen molar-refractivity contribution in [1.82, 2.24) is 0 Å². The van der Waals surface area contributed by atoms with E-state index in [1.807, 2.05) is 6.66 Å². The summed E-state index contributed by atoms with van der Waals surface area (Å²) in [7, 11) is 5.22. The third-order valence-corrected chi connectivity index (χ3v) is 4.94. The monoisotopic (exact) mass is 267 g/mol. The number of hydrogen-bond acceptors (Lipinski definition) is 3. The molecule has 2 fully saturated rings. The fraction of sp³-hybridized carbons (Fsp3) is 0.917. The van der Waals surface area contributed by atoms with Gasteiger partial charge in [-0.25, -0.2) is 6.57 Å². The summed E-state index contributed by atoms with van der Waals surface area (Å²) in [6, 6.07) is 0. The minimum atomic E-state index is -0.954. The zero-order valence-electron chi connectivity index (χ0n) is 11.0. The molecule has 4 atom stereocenters. The van der Waals surface area contributed by atoms with Crippen molar-refractivity contribution < 1.29 is 13.8 Å². The van der Waals surface area contributed by atoms with Crippen molar-refractivity contribution in [2.75, 3.05) is 19.8 Å². The first-order chi connectivity index (χ1) is 8.53. The zero-order valence-corrected chi connectivity index (χ0v) is 11.9. The maximum absolute atomic E-state index is 6.70. The van der Waals surface area contributed by atoms with Gasteiger partial charge in [-0.2, -0.15) is 0 Å². The Kier molecular flexibility index (Phi) is 4.34. The molecule has 2 saturated heterocycles. The zero-order chi connectivity index (χ0) is 13.2. The maximum Gasteiger partial charge on any atom is 0.238 e. The van der Waals surface area contributed by atoms with Gasteiger partial charge in [0, 0.05) is 12.2 Å². The summed E-state index contributed by atoms with van der Waals surface area (Å²) in [5.74, 6) is 0. The average Bonchev–Trinajstić information content (AvgIpc) is 2.80. The lowest BCUT2D eigenvalue weighted by Gasteiger charge is -2.33. The van der Waals surface area contributed by atoms with Crippen molar-refractivity contribution in [2.45, 2.75) is 49.8 Å². The third-order valence-electron chi connectivity index (χ3n) is 3.85. The van der Waals surface area contributed by atoms with Gasteiger partial charge in [-0.3, -0.25) is 0 Å². The Bertz CT molecular complexity index is 351. The van der Waals surface area contributed by atoms with Crippen molar-refractivity contribution in [1.29, 1.82) is 0 Å². The van der Waals surface area contributed by atoms with E-state index in [1.54, 1.807) is 0 Å². The molecule has 0 saturated carbocycles. The van der Waals surface area contributed by atoms with Crippen LogP contribution in [0.4, 0.5) is 0 Å². The second-order valence-corrected chi connectivity index (χ2v) is 6.39. The van der Waals surface area contributed by atoms with Crippen LogP contribution in [0, 0.1) is 6.57 Å². The fourth-order valence-electron chi connectivity index (χ4n) is 2.83. The molecule has 0 aliphatic carbocycles. The summed E-state index contributed by atoms with van der Waals surface area (Å²) in [4.78, 5) is 3.25. The van der Waals surface area contributed by atoms with Crippen LogP contribution < -0.4 is 0 Å². The SMILES string of the molecule is [B]C12CCC(CC)(O1)C(OP(C)OCC[N+]#[C-])C2. The minimum absolute atomic E-state index is 0.0327. The molecule has 0 aromatic heterocycles. The Labute approximate surface area is 112 Å². The van der Waals surface area contributed by atoms with Gasteiger partial charge in [0.2, 0.25) is 6.54 Å². The van der Waals surface area contributed by atoms with E-state index in [2.05, 4.69) is 11.8 Å². The molecule has 4 unspecified atom stereocenters. The molecule has 0 spiro atoms. The molecule has 2 rings (SSSR count). The van der Waals surface area contributed by atoms with Crippen molar-refractivity contribution in [3.63, 3.8) is 0 Å². The molecule has 2 aliphatic heterocycles. The topological polar surface area (TPSA) is 32.1 Å². The highest BCUT2D eigenvalue weighted by molar-refractivity contribution is 7.46. The average molecular weight is 267 g/mol. The quantitative estimate of drug-likeness (QED) is 0.321. The van der Waals surface area contributed by atoms with E-state index in [0.717, 1.165) is 25.7 Å². The predicted octanol–water partition coefficient (Wildman–Crippen LogP) is 2.48. The van der Waals surface area contributed by atoms with E-state index in [1.165, 1.54) is 0 Å². The van der Waals surface area contributed by atoms with Gasteiger partial charge in [0.15, 0.2) is 8.38 Å². The fourth-order valence-corrected chi connectivity index (χ4v) is 3.86. The second kappa shape index (κ2) is 5.47. The number of hydrogen-bond donors (Lipinski definition) is 0. The molecule has 0 N–H and O–H groups in total. The first-order valence-corrected chi connectivity index (χ1v) is 8.02. The molecule has 4 nitrogen and oxygen atoms in total. The molecule has 6 heteroatoms. The van der Waals surface area contributed by atoms with Gasteiger partial charge in [0.1, 0.15) is 14.5 Å². The molecule has 0 aromatic rings. The van der Waals surface area contributed by atoms with Crippen LogP contribution in [0.25, 0.3) is 4.85 Å². The molecular weight excluding hydrogens is 248 g/mol. The van der Waals surface area contributed by atoms with Crippen LogP contribution in [0.1, 0.15) is 32.6 Å². The van der Waals surface area contributed by atoms with E-state index in [9.17, 15) is 0 Å². The summed E-state index contributed by atoms with van der Waals surface area (Å²) in [5, 5.41) is 0. The van der Waals surface area contributed by atoms with Gasteiger partial charge >= 0.3 is 0 Å². The molecule has 2 heterocycles. The van der Waals surface area contributed by atoms with Crippen molar-refractivity contribution >= 4 is 16.2 Å². The highest BCUT2D eigenvalue weighted by Crippen LogP contribution is 2.55. The van der Waals surface area contributed by atoms with Gasteiger partial charge in [-0.1, -0.05) is 6.92 Å². The van der Waals surface area contributed by atoms with Gasteiger partial charge in [-0.05, 0) is 25.7 Å². The number of rotatable bonds is 6. The van der Waals surface area contributed by atoms with Crippen LogP contribution in [0.2, 0.25) is 0 Å². The molecule has 2 radical (unpaired) electrons. The van der Waals surface area contributed by atoms with E-state index in [4.69, 9.17) is 28.2 Å². The minimum Gasteiger partial charge on any atom is -0.376 e. The largest absolute Gasteiger partial charge is 0.376 e. The Morgan fingerprint density at radius 1 is 1.56 bits per heavy atom. The molecule has 0 aromatic carbocycles. The molecule has 18 heavy (non-hydrogen) atoms. The molecule has 2 bridgehead atoms. The maximum atomic E-state index is 6.70. The van der Waals surface area contributed by atoms with Crippen molar-refractivity contribution in [2.24, 2.45) is 0 Å². The first-order valence-electron chi connectivity index (χ1n) is 6.39. The third kappa shape index (κ3) is 2.73. The molecule has 2 aliphatic rings. The number of nitrogens with zero attached hydrogens (tertiary/aromatic N) is 1. The van der Waals surface area contributed by atoms with Crippen LogP contribution in [-0.2, 0) is 13.8 Å². The van der Waals surface area contributed by atoms with Crippen LogP contribution in [-0.4, -0.2) is 44.9 Å². The number of ether oxygens (including phenoxy) is 1. The van der Waals surface area contributed by atoms with Gasteiger partial charge < -0.3 is 18.6 Å². The predicted molar refractivity (Wildman–Crippen MR) is 71.6 cm³/mol. The Hall–Kier alpha value is -0.135. The Morgan fingerprint density at radius 3 is 2.94 bits per heavy atom. The number of fused-ring (bicyclic) bond motifs is 2. The van der Waals surface area contributed by atoms with E-state index >= 15 is 0 Å². The summed E-state index contributed by atoms with van der Waals surface area (Å²) < 4.78 is 17.5. The Balaban J connectivity index is 1.88. The lowest BCUT2D eigenvalue weighted by Crippen LogP contribution is -2.39. The smallest absolute Gasteiger partial charge is 0.238 e. The van der Waals surface area contributed by atoms with Gasteiger partial charge in [-0.15, -0.1) is 0 Å². The summed E-state index contributed by atoms with van der Waals surface area (Å²) in [6.07, 6.45) is 3.59. The van der Waals surface area contributed by atoms with Crippen LogP contribution in [0.3, 0.4) is 0 Å². The molecule has 0 amide bonds. The van der Waals surface area contributed by atoms with Crippen molar-refractivity contribution in [3.8, 4) is 0 Å². The summed E-state index contributed by atoms with van der Waals surface area (Å²) in [5.41, 5.74) is -0.706. The van der Waals surface area contributed by atoms with Crippen LogP contribution >= 0.6 is 8.38 Å². The van der Waals surface area contributed by atoms with Gasteiger partial charge in [0.25, 0.3) is 0 Å². The van der Waals surface area contributed by atoms with E-state index in [-0.39, 0.29) is 11.7 Å². The van der Waals surface area contributed by atoms with Crippen molar-refractivity contribution in [3.05, 3.63) is 11.4 Å². The molecular formula is C12H19BNO3P. The summed E-state index contributed by atoms with van der Waals surface area (Å²) >= 11 is 0. The van der Waals surface area contributed by atoms with Crippen LogP contribution in [0.15, 0.2) is 0 Å². The lowest BCUT2D eigenvalue weighted by molar-refractivity contribution is -0.0477. The Morgan fingerprint density at radius 2 is 2.33 bits per heavy atom. The van der Waals surface area contributed by atoms with E-state index < -0.39 is 13.9 Å². The standard InChI is InChI=1S/C12H19BNO3P/c1-4-11-5-6-12(13,17-11)9-10(11)16-18(3)15-8-7-14-2/h10H,4-9H2,1,3H3. The van der Waals surface area contributed by atoms with Gasteiger partial charge in [0.05, 0.1) is 11.7 Å². The van der Waals surface area contributed by atoms with E-state index in [0.29, 0.717) is 13.2 Å².